The van der Waals surface area contributed by atoms with E-state index in [1.165, 1.54) is 0 Å². The molecule has 0 aromatic carbocycles. The third kappa shape index (κ3) is 3.63. The number of aromatic nitrogens is 2. The highest BCUT2D eigenvalue weighted by molar-refractivity contribution is 7.13. The van der Waals surface area contributed by atoms with Crippen molar-refractivity contribution in [2.45, 2.75) is 6.54 Å². The van der Waals surface area contributed by atoms with Crippen molar-refractivity contribution in [2.75, 3.05) is 18.5 Å². The summed E-state index contributed by atoms with van der Waals surface area (Å²) in [6, 6.07) is 7.37. The molecule has 3 heterocycles. The number of anilines is 1. The van der Waals surface area contributed by atoms with Crippen LogP contribution in [0, 0.1) is 0 Å². The zero-order chi connectivity index (χ0) is 15.2. The van der Waals surface area contributed by atoms with Crippen LogP contribution in [0.1, 0.15) is 5.69 Å². The molecule has 0 aliphatic rings. The Labute approximate surface area is 131 Å². The SMILES string of the molecule is OCCOc1ccc(NCc2csc(-c3ccco3)n2)cn1. The smallest absolute Gasteiger partial charge is 0.213 e. The van der Waals surface area contributed by atoms with Crippen molar-refractivity contribution < 1.29 is 14.3 Å². The summed E-state index contributed by atoms with van der Waals surface area (Å²) in [6.07, 6.45) is 3.33. The average molecular weight is 317 g/mol. The molecule has 0 aliphatic carbocycles. The van der Waals surface area contributed by atoms with Gasteiger partial charge in [0.1, 0.15) is 6.61 Å². The Bertz CT molecular complexity index is 695. The fourth-order valence-electron chi connectivity index (χ4n) is 1.81. The summed E-state index contributed by atoms with van der Waals surface area (Å²) in [7, 11) is 0. The molecule has 0 aliphatic heterocycles. The molecule has 0 fully saturated rings. The quantitative estimate of drug-likeness (QED) is 0.697. The maximum atomic E-state index is 8.69. The van der Waals surface area contributed by atoms with E-state index < -0.39 is 0 Å². The number of rotatable bonds is 7. The van der Waals surface area contributed by atoms with E-state index in [0.29, 0.717) is 12.4 Å². The molecule has 7 heteroatoms. The van der Waals surface area contributed by atoms with Crippen molar-refractivity contribution in [3.63, 3.8) is 0 Å². The summed E-state index contributed by atoms with van der Waals surface area (Å²) in [5, 5.41) is 14.8. The topological polar surface area (TPSA) is 80.4 Å². The molecule has 0 amide bonds. The molecule has 0 spiro atoms. The summed E-state index contributed by atoms with van der Waals surface area (Å²) in [5.41, 5.74) is 1.82. The predicted molar refractivity (Wildman–Crippen MR) is 84.0 cm³/mol. The van der Waals surface area contributed by atoms with Crippen molar-refractivity contribution in [1.29, 1.82) is 0 Å². The van der Waals surface area contributed by atoms with Gasteiger partial charge in [-0.3, -0.25) is 0 Å². The van der Waals surface area contributed by atoms with Crippen molar-refractivity contribution in [3.8, 4) is 16.6 Å². The van der Waals surface area contributed by atoms with Crippen LogP contribution in [0.4, 0.5) is 5.69 Å². The highest BCUT2D eigenvalue weighted by Crippen LogP contribution is 2.24. The molecule has 2 N–H and O–H groups in total. The lowest BCUT2D eigenvalue weighted by atomic mass is 10.4. The first-order valence-corrected chi connectivity index (χ1v) is 7.65. The molecule has 0 atom stereocenters. The van der Waals surface area contributed by atoms with Crippen LogP contribution in [0.2, 0.25) is 0 Å². The number of hydrogen-bond acceptors (Lipinski definition) is 7. The van der Waals surface area contributed by atoms with E-state index in [1.54, 1.807) is 29.9 Å². The molecule has 3 rings (SSSR count). The van der Waals surface area contributed by atoms with Gasteiger partial charge in [-0.05, 0) is 18.2 Å². The third-order valence-electron chi connectivity index (χ3n) is 2.83. The van der Waals surface area contributed by atoms with Gasteiger partial charge < -0.3 is 19.6 Å². The van der Waals surface area contributed by atoms with Crippen molar-refractivity contribution in [3.05, 3.63) is 47.8 Å². The summed E-state index contributed by atoms with van der Waals surface area (Å²) < 4.78 is 10.5. The molecule has 114 valence electrons. The Hall–Kier alpha value is -2.38. The van der Waals surface area contributed by atoms with E-state index in [-0.39, 0.29) is 13.2 Å². The first-order chi connectivity index (χ1) is 10.8. The summed E-state index contributed by atoms with van der Waals surface area (Å²) in [6.45, 7) is 0.827. The molecule has 0 radical (unpaired) electrons. The van der Waals surface area contributed by atoms with Gasteiger partial charge in [0, 0.05) is 11.4 Å². The molecule has 0 saturated carbocycles. The lowest BCUT2D eigenvalue weighted by molar-refractivity contribution is 0.196. The molecule has 3 aromatic heterocycles. The minimum absolute atomic E-state index is 0.0243. The zero-order valence-electron chi connectivity index (χ0n) is 11.7. The highest BCUT2D eigenvalue weighted by atomic mass is 32.1. The maximum Gasteiger partial charge on any atom is 0.213 e. The minimum atomic E-state index is -0.0243. The minimum Gasteiger partial charge on any atom is -0.475 e. The standard InChI is InChI=1S/C15H15N3O3S/c19-5-7-21-14-4-3-11(8-17-14)16-9-12-10-22-15(18-12)13-2-1-6-20-13/h1-4,6,8,10,16,19H,5,7,9H2. The van der Waals surface area contributed by atoms with Gasteiger partial charge in [-0.25, -0.2) is 9.97 Å². The van der Waals surface area contributed by atoms with Gasteiger partial charge in [0.2, 0.25) is 5.88 Å². The van der Waals surface area contributed by atoms with Crippen molar-refractivity contribution >= 4 is 17.0 Å². The van der Waals surface area contributed by atoms with Crippen molar-refractivity contribution in [1.82, 2.24) is 9.97 Å². The molecule has 6 nitrogen and oxygen atoms in total. The molecule has 22 heavy (non-hydrogen) atoms. The van der Waals surface area contributed by atoms with Gasteiger partial charge in [0.05, 0.1) is 37.0 Å². The summed E-state index contributed by atoms with van der Waals surface area (Å²) >= 11 is 1.55. The largest absolute Gasteiger partial charge is 0.475 e. The van der Waals surface area contributed by atoms with Gasteiger partial charge in [-0.2, -0.15) is 0 Å². The molecule has 0 unspecified atom stereocenters. The lowest BCUT2D eigenvalue weighted by Crippen LogP contribution is -2.04. The third-order valence-corrected chi connectivity index (χ3v) is 3.74. The van der Waals surface area contributed by atoms with E-state index in [9.17, 15) is 0 Å². The Morgan fingerprint density at radius 1 is 1.32 bits per heavy atom. The number of aliphatic hydroxyl groups excluding tert-OH is 1. The molecule has 3 aromatic rings. The monoisotopic (exact) mass is 317 g/mol. The maximum absolute atomic E-state index is 8.69. The van der Waals surface area contributed by atoms with Crippen LogP contribution in [-0.2, 0) is 6.54 Å². The highest BCUT2D eigenvalue weighted by Gasteiger charge is 2.07. The Morgan fingerprint density at radius 2 is 2.27 bits per heavy atom. The van der Waals surface area contributed by atoms with Crippen LogP contribution in [0.3, 0.4) is 0 Å². The number of hydrogen-bond donors (Lipinski definition) is 2. The normalized spacial score (nSPS) is 10.6. The Morgan fingerprint density at radius 3 is 3.00 bits per heavy atom. The van der Waals surface area contributed by atoms with E-state index >= 15 is 0 Å². The number of nitrogens with one attached hydrogen (secondary N) is 1. The second-order valence-corrected chi connectivity index (χ2v) is 5.29. The molecule has 0 bridgehead atoms. The molecule has 0 saturated heterocycles. The number of ether oxygens (including phenoxy) is 1. The van der Waals surface area contributed by atoms with Gasteiger partial charge >= 0.3 is 0 Å². The van der Waals surface area contributed by atoms with Gasteiger partial charge in [-0.15, -0.1) is 11.3 Å². The Balaban J connectivity index is 1.56. The second-order valence-electron chi connectivity index (χ2n) is 4.43. The fourth-order valence-corrected chi connectivity index (χ4v) is 2.60. The first-order valence-electron chi connectivity index (χ1n) is 6.77. The van der Waals surface area contributed by atoms with E-state index in [0.717, 1.165) is 22.1 Å². The number of pyridine rings is 1. The number of aliphatic hydroxyl groups is 1. The van der Waals surface area contributed by atoms with E-state index in [4.69, 9.17) is 14.3 Å². The summed E-state index contributed by atoms with van der Waals surface area (Å²) in [4.78, 5) is 8.66. The van der Waals surface area contributed by atoms with E-state index in [1.807, 2.05) is 23.6 Å². The zero-order valence-corrected chi connectivity index (χ0v) is 12.5. The molecular weight excluding hydrogens is 302 g/mol. The Kier molecular flexibility index (Phi) is 4.67. The van der Waals surface area contributed by atoms with Crippen LogP contribution in [-0.4, -0.2) is 28.3 Å². The van der Waals surface area contributed by atoms with Crippen LogP contribution >= 0.6 is 11.3 Å². The van der Waals surface area contributed by atoms with Crippen LogP contribution in [0.5, 0.6) is 5.88 Å². The van der Waals surface area contributed by atoms with E-state index in [2.05, 4.69) is 15.3 Å². The first kappa shape index (κ1) is 14.6. The second kappa shape index (κ2) is 7.06. The van der Waals surface area contributed by atoms with Crippen LogP contribution in [0.15, 0.2) is 46.5 Å². The number of nitrogens with zero attached hydrogens (tertiary/aromatic N) is 2. The lowest BCUT2D eigenvalue weighted by Gasteiger charge is -2.06. The average Bonchev–Trinajstić information content (AvgIpc) is 3.23. The number of thiazole rings is 1. The van der Waals surface area contributed by atoms with Crippen molar-refractivity contribution in [2.24, 2.45) is 0 Å². The van der Waals surface area contributed by atoms with Gasteiger partial charge in [0.15, 0.2) is 10.8 Å². The van der Waals surface area contributed by atoms with Crippen LogP contribution in [0.25, 0.3) is 10.8 Å². The van der Waals surface area contributed by atoms with Crippen LogP contribution < -0.4 is 10.1 Å². The number of furan rings is 1. The predicted octanol–water partition coefficient (Wildman–Crippen LogP) is 2.78. The molecular formula is C15H15N3O3S. The van der Waals surface area contributed by atoms with Gasteiger partial charge in [-0.1, -0.05) is 0 Å². The fraction of sp³-hybridized carbons (Fsp3) is 0.200. The summed E-state index contributed by atoms with van der Waals surface area (Å²) in [5.74, 6) is 1.27. The van der Waals surface area contributed by atoms with Gasteiger partial charge in [0.25, 0.3) is 0 Å².